The minimum Gasteiger partial charge on any atom is -0.490 e. The summed E-state index contributed by atoms with van der Waals surface area (Å²) in [4.78, 5) is 17.4. The Kier molecular flexibility index (Phi) is 6.55. The molecule has 140 valence electrons. The minimum atomic E-state index is -0.173. The SMILES string of the molecule is Cc1nc(NCCOc2ccc(Cl)cc2Cl)sc1C(=O)Nc1ccccc1. The van der Waals surface area contributed by atoms with Crippen molar-refractivity contribution in [3.8, 4) is 5.75 Å². The van der Waals surface area contributed by atoms with Crippen LogP contribution in [0, 0.1) is 6.92 Å². The third kappa shape index (κ3) is 5.35. The second kappa shape index (κ2) is 9.08. The van der Waals surface area contributed by atoms with Crippen molar-refractivity contribution in [2.45, 2.75) is 6.92 Å². The molecule has 0 atom stereocenters. The molecule has 1 amide bonds. The van der Waals surface area contributed by atoms with Crippen molar-refractivity contribution in [2.24, 2.45) is 0 Å². The van der Waals surface area contributed by atoms with E-state index < -0.39 is 0 Å². The van der Waals surface area contributed by atoms with Crippen LogP contribution in [0.25, 0.3) is 0 Å². The van der Waals surface area contributed by atoms with Crippen LogP contribution in [0.15, 0.2) is 48.5 Å². The molecule has 0 aliphatic heterocycles. The molecule has 0 radical (unpaired) electrons. The zero-order valence-electron chi connectivity index (χ0n) is 14.5. The highest BCUT2D eigenvalue weighted by atomic mass is 35.5. The normalized spacial score (nSPS) is 10.5. The average Bonchev–Trinajstić information content (AvgIpc) is 3.02. The first-order chi connectivity index (χ1) is 13.0. The summed E-state index contributed by atoms with van der Waals surface area (Å²) in [6.07, 6.45) is 0. The highest BCUT2D eigenvalue weighted by Crippen LogP contribution is 2.27. The Morgan fingerprint density at radius 3 is 2.70 bits per heavy atom. The quantitative estimate of drug-likeness (QED) is 0.494. The average molecular weight is 422 g/mol. The van der Waals surface area contributed by atoms with Crippen molar-refractivity contribution in [1.29, 1.82) is 0 Å². The molecular formula is C19H17Cl2N3O2S. The van der Waals surface area contributed by atoms with Crippen LogP contribution in [0.1, 0.15) is 15.4 Å². The number of nitrogens with zero attached hydrogens (tertiary/aromatic N) is 1. The first-order valence-electron chi connectivity index (χ1n) is 8.18. The number of para-hydroxylation sites is 1. The van der Waals surface area contributed by atoms with E-state index in [0.29, 0.717) is 44.6 Å². The standard InChI is InChI=1S/C19H17Cl2N3O2S/c1-12-17(18(25)24-14-5-3-2-4-6-14)27-19(23-12)22-9-10-26-16-8-7-13(20)11-15(16)21/h2-8,11H,9-10H2,1H3,(H,22,23)(H,24,25). The van der Waals surface area contributed by atoms with E-state index in [9.17, 15) is 4.79 Å². The number of halogens is 2. The number of thiazole rings is 1. The Hall–Kier alpha value is -2.28. The Bertz CT molecular complexity index is 932. The second-order valence-corrected chi connectivity index (χ2v) is 7.45. The van der Waals surface area contributed by atoms with Gasteiger partial charge in [0.15, 0.2) is 5.13 Å². The van der Waals surface area contributed by atoms with Crippen LogP contribution in [0.3, 0.4) is 0 Å². The summed E-state index contributed by atoms with van der Waals surface area (Å²) in [6.45, 7) is 2.72. The molecule has 5 nitrogen and oxygen atoms in total. The minimum absolute atomic E-state index is 0.173. The fraction of sp³-hybridized carbons (Fsp3) is 0.158. The molecule has 0 aliphatic rings. The summed E-state index contributed by atoms with van der Waals surface area (Å²) >= 11 is 13.2. The number of amides is 1. The van der Waals surface area contributed by atoms with E-state index in [0.717, 1.165) is 5.69 Å². The molecule has 0 aliphatic carbocycles. The maximum atomic E-state index is 12.4. The summed E-state index contributed by atoms with van der Waals surface area (Å²) in [5, 5.41) is 7.71. The fourth-order valence-electron chi connectivity index (χ4n) is 2.30. The van der Waals surface area contributed by atoms with Crippen LogP contribution in [-0.2, 0) is 0 Å². The van der Waals surface area contributed by atoms with E-state index in [-0.39, 0.29) is 5.91 Å². The highest BCUT2D eigenvalue weighted by Gasteiger charge is 2.15. The van der Waals surface area contributed by atoms with Crippen LogP contribution in [0.2, 0.25) is 10.0 Å². The van der Waals surface area contributed by atoms with Gasteiger partial charge in [-0.05, 0) is 37.3 Å². The van der Waals surface area contributed by atoms with Crippen molar-refractivity contribution in [3.63, 3.8) is 0 Å². The second-order valence-electron chi connectivity index (χ2n) is 5.60. The molecule has 2 N–H and O–H groups in total. The van der Waals surface area contributed by atoms with Crippen LogP contribution < -0.4 is 15.4 Å². The lowest BCUT2D eigenvalue weighted by molar-refractivity contribution is 0.103. The zero-order chi connectivity index (χ0) is 19.2. The van der Waals surface area contributed by atoms with Gasteiger partial charge in [-0.15, -0.1) is 0 Å². The topological polar surface area (TPSA) is 63.3 Å². The summed E-state index contributed by atoms with van der Waals surface area (Å²) in [6, 6.07) is 14.4. The van der Waals surface area contributed by atoms with Crippen molar-refractivity contribution in [3.05, 3.63) is 69.1 Å². The molecule has 1 aromatic heterocycles. The Labute approximate surface area is 171 Å². The van der Waals surface area contributed by atoms with Crippen molar-refractivity contribution < 1.29 is 9.53 Å². The molecule has 27 heavy (non-hydrogen) atoms. The van der Waals surface area contributed by atoms with Gasteiger partial charge in [0.2, 0.25) is 0 Å². The smallest absolute Gasteiger partial charge is 0.267 e. The van der Waals surface area contributed by atoms with E-state index in [1.165, 1.54) is 11.3 Å². The first-order valence-corrected chi connectivity index (χ1v) is 9.76. The van der Waals surface area contributed by atoms with Crippen LogP contribution in [0.5, 0.6) is 5.75 Å². The van der Waals surface area contributed by atoms with E-state index in [1.807, 2.05) is 37.3 Å². The summed E-state index contributed by atoms with van der Waals surface area (Å²) < 4.78 is 5.62. The van der Waals surface area contributed by atoms with Gasteiger partial charge in [0, 0.05) is 10.7 Å². The molecule has 0 saturated carbocycles. The number of aryl methyl sites for hydroxylation is 1. The van der Waals surface area contributed by atoms with Gasteiger partial charge in [-0.2, -0.15) is 0 Å². The van der Waals surface area contributed by atoms with Gasteiger partial charge in [-0.3, -0.25) is 4.79 Å². The van der Waals surface area contributed by atoms with Gasteiger partial charge in [0.1, 0.15) is 17.2 Å². The van der Waals surface area contributed by atoms with Crippen molar-refractivity contribution in [2.75, 3.05) is 23.8 Å². The van der Waals surface area contributed by atoms with Crippen LogP contribution >= 0.6 is 34.5 Å². The largest absolute Gasteiger partial charge is 0.490 e. The third-order valence-electron chi connectivity index (χ3n) is 3.56. The molecule has 3 rings (SSSR count). The number of anilines is 2. The summed E-state index contributed by atoms with van der Waals surface area (Å²) in [5.74, 6) is 0.398. The van der Waals surface area contributed by atoms with Crippen molar-refractivity contribution in [1.82, 2.24) is 4.98 Å². The fourth-order valence-corrected chi connectivity index (χ4v) is 3.65. The van der Waals surface area contributed by atoms with E-state index in [2.05, 4.69) is 15.6 Å². The monoisotopic (exact) mass is 421 g/mol. The molecule has 0 bridgehead atoms. The van der Waals surface area contributed by atoms with Gasteiger partial charge in [-0.25, -0.2) is 4.98 Å². The van der Waals surface area contributed by atoms with Gasteiger partial charge in [0.25, 0.3) is 5.91 Å². The number of benzene rings is 2. The molecular weight excluding hydrogens is 405 g/mol. The Morgan fingerprint density at radius 1 is 1.19 bits per heavy atom. The molecule has 8 heteroatoms. The van der Waals surface area contributed by atoms with E-state index in [4.69, 9.17) is 27.9 Å². The van der Waals surface area contributed by atoms with Gasteiger partial charge < -0.3 is 15.4 Å². The molecule has 0 fully saturated rings. The molecule has 2 aromatic carbocycles. The lowest BCUT2D eigenvalue weighted by Gasteiger charge is -2.08. The maximum Gasteiger partial charge on any atom is 0.267 e. The van der Waals surface area contributed by atoms with Gasteiger partial charge in [-0.1, -0.05) is 52.7 Å². The van der Waals surface area contributed by atoms with Gasteiger partial charge >= 0.3 is 0 Å². The van der Waals surface area contributed by atoms with Crippen LogP contribution in [0.4, 0.5) is 10.8 Å². The highest BCUT2D eigenvalue weighted by molar-refractivity contribution is 7.17. The Morgan fingerprint density at radius 2 is 1.96 bits per heavy atom. The maximum absolute atomic E-state index is 12.4. The van der Waals surface area contributed by atoms with Crippen LogP contribution in [-0.4, -0.2) is 24.0 Å². The number of hydrogen-bond donors (Lipinski definition) is 2. The predicted molar refractivity (Wildman–Crippen MR) is 112 cm³/mol. The number of ether oxygens (including phenoxy) is 1. The van der Waals surface area contributed by atoms with E-state index in [1.54, 1.807) is 18.2 Å². The number of nitrogens with one attached hydrogen (secondary N) is 2. The number of aromatic nitrogens is 1. The summed E-state index contributed by atoms with van der Waals surface area (Å²) in [7, 11) is 0. The molecule has 0 spiro atoms. The zero-order valence-corrected chi connectivity index (χ0v) is 16.8. The number of carbonyl (C=O) groups is 1. The molecule has 0 saturated heterocycles. The number of carbonyl (C=O) groups excluding carboxylic acids is 1. The third-order valence-corrected chi connectivity index (χ3v) is 5.21. The lowest BCUT2D eigenvalue weighted by atomic mass is 10.3. The first kappa shape index (κ1) is 19.5. The summed E-state index contributed by atoms with van der Waals surface area (Å²) in [5.41, 5.74) is 1.43. The van der Waals surface area contributed by atoms with Gasteiger partial charge in [0.05, 0.1) is 17.3 Å². The molecule has 3 aromatic rings. The Balaban J connectivity index is 1.53. The van der Waals surface area contributed by atoms with Crippen molar-refractivity contribution >= 4 is 51.3 Å². The predicted octanol–water partition coefficient (Wildman–Crippen LogP) is 5.50. The number of rotatable bonds is 7. The number of hydrogen-bond acceptors (Lipinski definition) is 5. The molecule has 1 heterocycles. The van der Waals surface area contributed by atoms with E-state index >= 15 is 0 Å². The molecule has 0 unspecified atom stereocenters. The lowest BCUT2D eigenvalue weighted by Crippen LogP contribution is -2.11.